The second-order valence-corrected chi connectivity index (χ2v) is 7.84. The first-order chi connectivity index (χ1) is 16.5. The first-order valence-electron chi connectivity index (χ1n) is 10.6. The van der Waals surface area contributed by atoms with Crippen molar-refractivity contribution < 1.29 is 9.59 Å². The lowest BCUT2D eigenvalue weighted by atomic mass is 10.0. The third-order valence-corrected chi connectivity index (χ3v) is 5.31. The van der Waals surface area contributed by atoms with Crippen LogP contribution in [-0.4, -0.2) is 36.4 Å². The Kier molecular flexibility index (Phi) is 5.35. The molecule has 168 valence electrons. The number of rotatable bonds is 5. The molecule has 0 saturated carbocycles. The molecule has 2 N–H and O–H groups in total. The molecule has 3 heterocycles. The summed E-state index contributed by atoms with van der Waals surface area (Å²) in [5, 5.41) is 14.8. The van der Waals surface area contributed by atoms with Crippen LogP contribution in [0.5, 0.6) is 0 Å². The molecule has 0 aliphatic heterocycles. The van der Waals surface area contributed by atoms with Crippen LogP contribution in [0.3, 0.4) is 0 Å². The first kappa shape index (κ1) is 21.1. The zero-order valence-electron chi connectivity index (χ0n) is 18.6. The lowest BCUT2D eigenvalue weighted by Crippen LogP contribution is -2.14. The number of nitrogens with zero attached hydrogens (tertiary/aromatic N) is 5. The summed E-state index contributed by atoms with van der Waals surface area (Å²) in [6.45, 7) is 0. The van der Waals surface area contributed by atoms with Crippen LogP contribution in [0, 0.1) is 0 Å². The Morgan fingerprint density at radius 3 is 2.21 bits per heavy atom. The minimum Gasteiger partial charge on any atom is -0.322 e. The van der Waals surface area contributed by atoms with Gasteiger partial charge in [-0.1, -0.05) is 18.2 Å². The van der Waals surface area contributed by atoms with Gasteiger partial charge in [-0.3, -0.25) is 19.0 Å². The molecule has 34 heavy (non-hydrogen) atoms. The predicted molar refractivity (Wildman–Crippen MR) is 130 cm³/mol. The average molecular weight is 451 g/mol. The highest BCUT2D eigenvalue weighted by molar-refractivity contribution is 6.13. The molecule has 0 radical (unpaired) electrons. The Bertz CT molecular complexity index is 1520. The molecule has 2 amide bonds. The van der Waals surface area contributed by atoms with E-state index in [0.717, 1.165) is 16.5 Å². The normalized spacial score (nSPS) is 10.9. The van der Waals surface area contributed by atoms with Crippen molar-refractivity contribution in [3.05, 3.63) is 90.5 Å². The van der Waals surface area contributed by atoms with Gasteiger partial charge in [-0.15, -0.1) is 0 Å². The molecule has 0 aliphatic rings. The standard InChI is InChI=1S/C25H21N7O2/c1-31-12-11-22(30-31)25(34)28-18-9-7-17(8-10-18)27-24(33)20-13-23(16-14-26-32(2)15-16)29-21-6-4-3-5-19(20)21/h3-15H,1-2H3,(H,27,33)(H,28,34). The molecule has 9 heteroatoms. The van der Waals surface area contributed by atoms with E-state index in [9.17, 15) is 9.59 Å². The number of pyridine rings is 1. The first-order valence-corrected chi connectivity index (χ1v) is 10.6. The Morgan fingerprint density at radius 2 is 1.56 bits per heavy atom. The van der Waals surface area contributed by atoms with Crippen LogP contribution in [0.2, 0.25) is 0 Å². The van der Waals surface area contributed by atoms with Gasteiger partial charge in [0.15, 0.2) is 5.69 Å². The summed E-state index contributed by atoms with van der Waals surface area (Å²) in [6, 6.07) is 17.9. The molecule has 2 aromatic carbocycles. The molecule has 0 aliphatic carbocycles. The second kappa shape index (κ2) is 8.62. The maximum Gasteiger partial charge on any atom is 0.276 e. The van der Waals surface area contributed by atoms with E-state index in [-0.39, 0.29) is 11.8 Å². The monoisotopic (exact) mass is 451 g/mol. The smallest absolute Gasteiger partial charge is 0.276 e. The maximum absolute atomic E-state index is 13.2. The molecular weight excluding hydrogens is 430 g/mol. The Balaban J connectivity index is 1.37. The molecular formula is C25H21N7O2. The molecule has 0 atom stereocenters. The molecule has 0 fully saturated rings. The van der Waals surface area contributed by atoms with Gasteiger partial charge in [-0.25, -0.2) is 4.98 Å². The largest absolute Gasteiger partial charge is 0.322 e. The number of nitrogens with one attached hydrogen (secondary N) is 2. The summed E-state index contributed by atoms with van der Waals surface area (Å²) in [7, 11) is 3.58. The number of anilines is 2. The Hall–Kier alpha value is -4.79. The van der Waals surface area contributed by atoms with E-state index in [0.29, 0.717) is 28.3 Å². The van der Waals surface area contributed by atoms with Gasteiger partial charge in [-0.2, -0.15) is 10.2 Å². The van der Waals surface area contributed by atoms with Crippen molar-refractivity contribution in [2.45, 2.75) is 0 Å². The number of hydrogen-bond donors (Lipinski definition) is 2. The highest BCUT2D eigenvalue weighted by Crippen LogP contribution is 2.25. The van der Waals surface area contributed by atoms with Gasteiger partial charge in [0.25, 0.3) is 11.8 Å². The zero-order valence-corrected chi connectivity index (χ0v) is 18.6. The van der Waals surface area contributed by atoms with Crippen LogP contribution in [0.1, 0.15) is 20.8 Å². The average Bonchev–Trinajstić information content (AvgIpc) is 3.48. The van der Waals surface area contributed by atoms with E-state index in [4.69, 9.17) is 4.98 Å². The SMILES string of the molecule is Cn1cc(-c2cc(C(=O)Nc3ccc(NC(=O)c4ccn(C)n4)cc3)c3ccccc3n2)cn1. The summed E-state index contributed by atoms with van der Waals surface area (Å²) in [5.41, 5.74) is 4.26. The predicted octanol–water partition coefficient (Wildman–Crippen LogP) is 3.87. The molecule has 5 rings (SSSR count). The van der Waals surface area contributed by atoms with Gasteiger partial charge in [-0.05, 0) is 42.5 Å². The van der Waals surface area contributed by atoms with Gasteiger partial charge in [0.2, 0.25) is 0 Å². The summed E-state index contributed by atoms with van der Waals surface area (Å²) >= 11 is 0. The summed E-state index contributed by atoms with van der Waals surface area (Å²) < 4.78 is 3.26. The van der Waals surface area contributed by atoms with Gasteiger partial charge < -0.3 is 10.6 Å². The number of amides is 2. The lowest BCUT2D eigenvalue weighted by Gasteiger charge is -2.11. The van der Waals surface area contributed by atoms with E-state index in [1.54, 1.807) is 65.2 Å². The topological polar surface area (TPSA) is 107 Å². The van der Waals surface area contributed by atoms with E-state index in [1.807, 2.05) is 37.5 Å². The van der Waals surface area contributed by atoms with Gasteiger partial charge in [0, 0.05) is 48.8 Å². The van der Waals surface area contributed by atoms with Crippen LogP contribution in [-0.2, 0) is 14.1 Å². The highest BCUT2D eigenvalue weighted by atomic mass is 16.2. The van der Waals surface area contributed by atoms with Crippen molar-refractivity contribution in [2.75, 3.05) is 10.6 Å². The van der Waals surface area contributed by atoms with Crippen LogP contribution in [0.25, 0.3) is 22.2 Å². The molecule has 0 spiro atoms. The fraction of sp³-hybridized carbons (Fsp3) is 0.0800. The Labute approximate surface area is 195 Å². The number of aromatic nitrogens is 5. The molecule has 5 aromatic rings. The Morgan fingerprint density at radius 1 is 0.853 bits per heavy atom. The van der Waals surface area contributed by atoms with E-state index < -0.39 is 0 Å². The van der Waals surface area contributed by atoms with Crippen LogP contribution < -0.4 is 10.6 Å². The van der Waals surface area contributed by atoms with Crippen LogP contribution in [0.15, 0.2) is 79.3 Å². The highest BCUT2D eigenvalue weighted by Gasteiger charge is 2.15. The molecule has 0 saturated heterocycles. The molecule has 0 unspecified atom stereocenters. The third-order valence-electron chi connectivity index (χ3n) is 5.31. The minimum atomic E-state index is -0.302. The van der Waals surface area contributed by atoms with Crippen LogP contribution in [0.4, 0.5) is 11.4 Å². The molecule has 3 aromatic heterocycles. The van der Waals surface area contributed by atoms with Gasteiger partial charge in [0.05, 0.1) is 23.0 Å². The van der Waals surface area contributed by atoms with Crippen molar-refractivity contribution in [3.63, 3.8) is 0 Å². The lowest BCUT2D eigenvalue weighted by molar-refractivity contribution is 0.101. The zero-order chi connectivity index (χ0) is 23.7. The second-order valence-electron chi connectivity index (χ2n) is 7.84. The van der Waals surface area contributed by atoms with Gasteiger partial charge >= 0.3 is 0 Å². The fourth-order valence-electron chi connectivity index (χ4n) is 3.63. The maximum atomic E-state index is 13.2. The number of carbonyl (C=O) groups is 2. The summed E-state index contributed by atoms with van der Waals surface area (Å²) in [6.07, 6.45) is 5.28. The third kappa shape index (κ3) is 4.26. The van der Waals surface area contributed by atoms with Crippen molar-refractivity contribution in [1.82, 2.24) is 24.5 Å². The van der Waals surface area contributed by atoms with Crippen molar-refractivity contribution >= 4 is 34.1 Å². The van der Waals surface area contributed by atoms with Crippen LogP contribution >= 0.6 is 0 Å². The summed E-state index contributed by atoms with van der Waals surface area (Å²) in [5.74, 6) is -0.558. The minimum absolute atomic E-state index is 0.256. The molecule has 0 bridgehead atoms. The van der Waals surface area contributed by atoms with Crippen molar-refractivity contribution in [1.29, 1.82) is 0 Å². The fourth-order valence-corrected chi connectivity index (χ4v) is 3.63. The summed E-state index contributed by atoms with van der Waals surface area (Å²) in [4.78, 5) is 30.2. The molecule has 9 nitrogen and oxygen atoms in total. The number of carbonyl (C=O) groups excluding carboxylic acids is 2. The number of fused-ring (bicyclic) bond motifs is 1. The van der Waals surface area contributed by atoms with Gasteiger partial charge in [0.1, 0.15) is 0 Å². The quantitative estimate of drug-likeness (QED) is 0.422. The number of para-hydroxylation sites is 1. The van der Waals surface area contributed by atoms with E-state index in [2.05, 4.69) is 20.8 Å². The number of hydrogen-bond acceptors (Lipinski definition) is 5. The van der Waals surface area contributed by atoms with E-state index >= 15 is 0 Å². The number of benzene rings is 2. The number of aryl methyl sites for hydroxylation is 2. The van der Waals surface area contributed by atoms with Crippen molar-refractivity contribution in [3.8, 4) is 11.3 Å². The van der Waals surface area contributed by atoms with Crippen molar-refractivity contribution in [2.24, 2.45) is 14.1 Å². The van der Waals surface area contributed by atoms with E-state index in [1.165, 1.54) is 0 Å².